The summed E-state index contributed by atoms with van der Waals surface area (Å²) in [5, 5.41) is 13.3. The van der Waals surface area contributed by atoms with E-state index in [9.17, 15) is 24.5 Å². The van der Waals surface area contributed by atoms with Gasteiger partial charge in [-0.1, -0.05) is 12.1 Å². The Morgan fingerprint density at radius 3 is 2.26 bits per heavy atom. The number of nitrogens with zero attached hydrogens (tertiary/aromatic N) is 1. The number of carbonyl (C=O) groups is 3. The van der Waals surface area contributed by atoms with Crippen LogP contribution in [-0.2, 0) is 28.6 Å². The molecule has 0 aliphatic heterocycles. The van der Waals surface area contributed by atoms with Crippen LogP contribution in [0, 0.1) is 10.1 Å². The molecule has 0 bridgehead atoms. The molecule has 1 rings (SSSR count). The van der Waals surface area contributed by atoms with Crippen LogP contribution in [0.4, 0.5) is 5.69 Å². The van der Waals surface area contributed by atoms with E-state index in [1.807, 2.05) is 0 Å². The minimum atomic E-state index is -1.21. The van der Waals surface area contributed by atoms with Crippen molar-refractivity contribution in [3.63, 3.8) is 0 Å². The largest absolute Gasteiger partial charge is 0.469 e. The Bertz CT molecular complexity index is 674. The summed E-state index contributed by atoms with van der Waals surface area (Å²) in [6.07, 6.45) is -0.247. The van der Waals surface area contributed by atoms with Gasteiger partial charge in [-0.3, -0.25) is 19.7 Å². The SMILES string of the molecule is CCOCC(=O)N[C@@H](C(=O)OC)[C@@H](CC(=O)OC)c1ccc([N+](=O)[O-])cc1. The Balaban J connectivity index is 3.20. The van der Waals surface area contributed by atoms with E-state index in [4.69, 9.17) is 9.47 Å². The van der Waals surface area contributed by atoms with Gasteiger partial charge in [0.15, 0.2) is 0 Å². The predicted molar refractivity (Wildman–Crippen MR) is 92.9 cm³/mol. The number of ether oxygens (including phenoxy) is 3. The van der Waals surface area contributed by atoms with E-state index in [0.29, 0.717) is 12.2 Å². The monoisotopic (exact) mass is 382 g/mol. The number of methoxy groups -OCH3 is 2. The second-order valence-electron chi connectivity index (χ2n) is 5.44. The summed E-state index contributed by atoms with van der Waals surface area (Å²) in [5.41, 5.74) is 0.281. The first-order valence-electron chi connectivity index (χ1n) is 8.10. The van der Waals surface area contributed by atoms with Crippen molar-refractivity contribution in [2.45, 2.75) is 25.3 Å². The fourth-order valence-corrected chi connectivity index (χ4v) is 2.39. The van der Waals surface area contributed by atoms with Crippen LogP contribution in [0.1, 0.15) is 24.8 Å². The van der Waals surface area contributed by atoms with Crippen molar-refractivity contribution in [3.05, 3.63) is 39.9 Å². The minimum Gasteiger partial charge on any atom is -0.469 e. The van der Waals surface area contributed by atoms with Crippen molar-refractivity contribution in [1.82, 2.24) is 5.32 Å². The predicted octanol–water partition coefficient (Wildman–Crippen LogP) is 0.936. The average Bonchev–Trinajstić information content (AvgIpc) is 2.68. The first-order chi connectivity index (χ1) is 12.8. The van der Waals surface area contributed by atoms with Gasteiger partial charge in [-0.15, -0.1) is 0 Å². The van der Waals surface area contributed by atoms with Crippen molar-refractivity contribution in [3.8, 4) is 0 Å². The summed E-state index contributed by atoms with van der Waals surface area (Å²) < 4.78 is 14.4. The van der Waals surface area contributed by atoms with E-state index < -0.39 is 34.7 Å². The molecule has 0 saturated carbocycles. The van der Waals surface area contributed by atoms with Gasteiger partial charge < -0.3 is 19.5 Å². The second kappa shape index (κ2) is 10.9. The van der Waals surface area contributed by atoms with E-state index in [0.717, 1.165) is 7.11 Å². The van der Waals surface area contributed by atoms with Crippen LogP contribution in [0.15, 0.2) is 24.3 Å². The maximum atomic E-state index is 12.2. The molecule has 0 spiro atoms. The quantitative estimate of drug-likeness (QED) is 0.359. The molecular weight excluding hydrogens is 360 g/mol. The number of nitro benzene ring substituents is 1. The number of benzene rings is 1. The number of nitro groups is 1. The molecule has 1 aromatic carbocycles. The summed E-state index contributed by atoms with van der Waals surface area (Å²) in [4.78, 5) is 46.3. The standard InChI is InChI=1S/C17H22N2O8/c1-4-27-10-14(20)18-16(17(22)26-3)13(9-15(21)25-2)11-5-7-12(8-6-11)19(23)24/h5-8,13,16H,4,9-10H2,1-3H3,(H,18,20)/t13-,16+/m0/s1. The zero-order chi connectivity index (χ0) is 20.4. The van der Waals surface area contributed by atoms with E-state index in [1.165, 1.54) is 31.4 Å². The second-order valence-corrected chi connectivity index (χ2v) is 5.44. The molecule has 10 heteroatoms. The number of hydrogen-bond acceptors (Lipinski definition) is 8. The molecule has 0 saturated heterocycles. The van der Waals surface area contributed by atoms with E-state index in [2.05, 4.69) is 10.1 Å². The average molecular weight is 382 g/mol. The lowest BCUT2D eigenvalue weighted by Gasteiger charge is -2.25. The highest BCUT2D eigenvalue weighted by atomic mass is 16.6. The molecule has 0 aliphatic carbocycles. The van der Waals surface area contributed by atoms with Gasteiger partial charge in [-0.2, -0.15) is 0 Å². The molecule has 0 aromatic heterocycles. The van der Waals surface area contributed by atoms with Gasteiger partial charge in [0, 0.05) is 24.7 Å². The van der Waals surface area contributed by atoms with Gasteiger partial charge in [0.25, 0.3) is 5.69 Å². The summed E-state index contributed by atoms with van der Waals surface area (Å²) >= 11 is 0. The van der Waals surface area contributed by atoms with Crippen LogP contribution in [-0.4, -0.2) is 56.2 Å². The van der Waals surface area contributed by atoms with Gasteiger partial charge in [0.1, 0.15) is 12.6 Å². The molecule has 0 unspecified atom stereocenters. The minimum absolute atomic E-state index is 0.148. The van der Waals surface area contributed by atoms with E-state index in [1.54, 1.807) is 6.92 Å². The van der Waals surface area contributed by atoms with Crippen molar-refractivity contribution < 1.29 is 33.5 Å². The number of non-ortho nitro benzene ring substituents is 1. The molecule has 2 atom stereocenters. The normalized spacial score (nSPS) is 12.6. The molecule has 0 fully saturated rings. The van der Waals surface area contributed by atoms with Gasteiger partial charge >= 0.3 is 11.9 Å². The molecule has 1 N–H and O–H groups in total. The third kappa shape index (κ3) is 6.66. The lowest BCUT2D eigenvalue weighted by atomic mass is 9.88. The number of nitrogens with one attached hydrogen (secondary N) is 1. The van der Waals surface area contributed by atoms with Crippen LogP contribution < -0.4 is 5.32 Å². The fourth-order valence-electron chi connectivity index (χ4n) is 2.39. The third-order valence-corrected chi connectivity index (χ3v) is 3.76. The van der Waals surface area contributed by atoms with E-state index in [-0.39, 0.29) is 18.7 Å². The van der Waals surface area contributed by atoms with E-state index >= 15 is 0 Å². The summed E-state index contributed by atoms with van der Waals surface area (Å²) in [5.74, 6) is -2.81. The number of rotatable bonds is 10. The Labute approximate surface area is 155 Å². The molecular formula is C17H22N2O8. The van der Waals surface area contributed by atoms with Crippen LogP contribution in [0.25, 0.3) is 0 Å². The fraction of sp³-hybridized carbons (Fsp3) is 0.471. The maximum Gasteiger partial charge on any atom is 0.329 e. The van der Waals surface area contributed by atoms with Crippen molar-refractivity contribution in [1.29, 1.82) is 0 Å². The van der Waals surface area contributed by atoms with Crippen LogP contribution >= 0.6 is 0 Å². The molecule has 148 valence electrons. The van der Waals surface area contributed by atoms with Gasteiger partial charge in [-0.25, -0.2) is 4.79 Å². The lowest BCUT2D eigenvalue weighted by molar-refractivity contribution is -0.384. The lowest BCUT2D eigenvalue weighted by Crippen LogP contribution is -2.47. The van der Waals surface area contributed by atoms with Gasteiger partial charge in [0.2, 0.25) is 5.91 Å². The zero-order valence-corrected chi connectivity index (χ0v) is 15.3. The third-order valence-electron chi connectivity index (χ3n) is 3.76. The molecule has 1 aromatic rings. The highest BCUT2D eigenvalue weighted by Crippen LogP contribution is 2.27. The molecule has 0 heterocycles. The first-order valence-corrected chi connectivity index (χ1v) is 8.10. The summed E-state index contributed by atoms with van der Waals surface area (Å²) in [6.45, 7) is 1.75. The smallest absolute Gasteiger partial charge is 0.329 e. The van der Waals surface area contributed by atoms with Gasteiger partial charge in [0.05, 0.1) is 25.6 Å². The maximum absolute atomic E-state index is 12.2. The highest BCUT2D eigenvalue weighted by molar-refractivity contribution is 5.86. The number of hydrogen-bond donors (Lipinski definition) is 1. The first kappa shape index (κ1) is 22.0. The zero-order valence-electron chi connectivity index (χ0n) is 15.3. The number of esters is 2. The Hall–Kier alpha value is -3.01. The molecule has 27 heavy (non-hydrogen) atoms. The molecule has 0 aliphatic rings. The van der Waals surface area contributed by atoms with Crippen LogP contribution in [0.3, 0.4) is 0 Å². The van der Waals surface area contributed by atoms with Crippen molar-refractivity contribution in [2.75, 3.05) is 27.4 Å². The Morgan fingerprint density at radius 1 is 1.15 bits per heavy atom. The van der Waals surface area contributed by atoms with Crippen LogP contribution in [0.2, 0.25) is 0 Å². The molecule has 0 radical (unpaired) electrons. The Morgan fingerprint density at radius 2 is 1.78 bits per heavy atom. The van der Waals surface area contributed by atoms with Crippen LogP contribution in [0.5, 0.6) is 0 Å². The van der Waals surface area contributed by atoms with Crippen molar-refractivity contribution >= 4 is 23.5 Å². The number of carbonyl (C=O) groups excluding carboxylic acids is 3. The highest BCUT2D eigenvalue weighted by Gasteiger charge is 2.34. The molecule has 1 amide bonds. The van der Waals surface area contributed by atoms with Gasteiger partial charge in [-0.05, 0) is 12.5 Å². The Kier molecular flexibility index (Phi) is 8.86. The summed E-state index contributed by atoms with van der Waals surface area (Å²) in [6, 6.07) is 4.11. The molecule has 10 nitrogen and oxygen atoms in total. The topological polar surface area (TPSA) is 134 Å². The summed E-state index contributed by atoms with van der Waals surface area (Å²) in [7, 11) is 2.34. The van der Waals surface area contributed by atoms with Crippen molar-refractivity contribution in [2.24, 2.45) is 0 Å². The number of amides is 1.